The highest BCUT2D eigenvalue weighted by atomic mass is 16.6. The molecule has 0 aromatic carbocycles. The molecule has 2 aliphatic rings. The summed E-state index contributed by atoms with van der Waals surface area (Å²) >= 11 is 0. The van der Waals surface area contributed by atoms with Gasteiger partial charge in [-0.3, -0.25) is 0 Å². The van der Waals surface area contributed by atoms with Crippen molar-refractivity contribution >= 4 is 0 Å². The zero-order valence-electron chi connectivity index (χ0n) is 11.6. The van der Waals surface area contributed by atoms with Crippen molar-refractivity contribution in [1.29, 1.82) is 0 Å². The van der Waals surface area contributed by atoms with Crippen molar-refractivity contribution in [1.82, 2.24) is 20.1 Å². The van der Waals surface area contributed by atoms with Gasteiger partial charge in [0, 0.05) is 32.7 Å². The SMILES string of the molecule is CC(NC1CCOC2(CCOC2)C1)c1nncn1C. The van der Waals surface area contributed by atoms with Gasteiger partial charge in [0.15, 0.2) is 0 Å². The van der Waals surface area contributed by atoms with Gasteiger partial charge in [-0.05, 0) is 19.8 Å². The van der Waals surface area contributed by atoms with Gasteiger partial charge in [-0.25, -0.2) is 0 Å². The van der Waals surface area contributed by atoms with Crippen LogP contribution in [0.3, 0.4) is 0 Å². The molecule has 6 heteroatoms. The topological polar surface area (TPSA) is 61.2 Å². The van der Waals surface area contributed by atoms with Crippen LogP contribution in [0, 0.1) is 0 Å². The van der Waals surface area contributed by atoms with Crippen LogP contribution in [-0.4, -0.2) is 46.2 Å². The molecular formula is C13H22N4O2. The largest absolute Gasteiger partial charge is 0.378 e. The molecule has 3 atom stereocenters. The van der Waals surface area contributed by atoms with Crippen LogP contribution in [0.4, 0.5) is 0 Å². The molecule has 106 valence electrons. The fraction of sp³-hybridized carbons (Fsp3) is 0.846. The average molecular weight is 266 g/mol. The van der Waals surface area contributed by atoms with Gasteiger partial charge in [-0.1, -0.05) is 0 Å². The molecule has 3 rings (SSSR count). The first-order valence-corrected chi connectivity index (χ1v) is 7.00. The molecule has 1 spiro atoms. The number of aryl methyl sites for hydroxylation is 1. The van der Waals surface area contributed by atoms with E-state index in [4.69, 9.17) is 9.47 Å². The van der Waals surface area contributed by atoms with E-state index < -0.39 is 0 Å². The van der Waals surface area contributed by atoms with Crippen molar-refractivity contribution < 1.29 is 9.47 Å². The van der Waals surface area contributed by atoms with Crippen LogP contribution >= 0.6 is 0 Å². The van der Waals surface area contributed by atoms with E-state index >= 15 is 0 Å². The monoisotopic (exact) mass is 266 g/mol. The number of ether oxygens (including phenoxy) is 2. The minimum absolute atomic E-state index is 0.0461. The van der Waals surface area contributed by atoms with Crippen LogP contribution in [0.25, 0.3) is 0 Å². The summed E-state index contributed by atoms with van der Waals surface area (Å²) in [6.45, 7) is 4.51. The van der Waals surface area contributed by atoms with Crippen molar-refractivity contribution in [3.8, 4) is 0 Å². The van der Waals surface area contributed by atoms with Crippen molar-refractivity contribution in [2.24, 2.45) is 7.05 Å². The minimum atomic E-state index is -0.0461. The van der Waals surface area contributed by atoms with Gasteiger partial charge in [-0.2, -0.15) is 0 Å². The van der Waals surface area contributed by atoms with Crippen molar-refractivity contribution in [2.45, 2.75) is 43.9 Å². The van der Waals surface area contributed by atoms with E-state index in [0.717, 1.165) is 44.9 Å². The van der Waals surface area contributed by atoms with Gasteiger partial charge in [-0.15, -0.1) is 10.2 Å². The Hall–Kier alpha value is -0.980. The van der Waals surface area contributed by atoms with Gasteiger partial charge in [0.05, 0.1) is 18.2 Å². The van der Waals surface area contributed by atoms with E-state index in [2.05, 4.69) is 22.4 Å². The third-order valence-corrected chi connectivity index (χ3v) is 4.18. The number of hydrogen-bond donors (Lipinski definition) is 1. The number of hydrogen-bond acceptors (Lipinski definition) is 5. The summed E-state index contributed by atoms with van der Waals surface area (Å²) in [7, 11) is 1.98. The second-order valence-corrected chi connectivity index (χ2v) is 5.71. The van der Waals surface area contributed by atoms with Crippen molar-refractivity contribution in [3.63, 3.8) is 0 Å². The minimum Gasteiger partial charge on any atom is -0.378 e. The summed E-state index contributed by atoms with van der Waals surface area (Å²) < 4.78 is 13.4. The Bertz CT molecular complexity index is 428. The van der Waals surface area contributed by atoms with Gasteiger partial charge in [0.25, 0.3) is 0 Å². The van der Waals surface area contributed by atoms with E-state index in [1.807, 2.05) is 11.6 Å². The summed E-state index contributed by atoms with van der Waals surface area (Å²) in [6.07, 6.45) is 4.83. The standard InChI is InChI=1S/C13H22N4O2/c1-10(12-16-14-9-17(12)2)15-11-3-5-19-13(7-11)4-6-18-8-13/h9-11,15H,3-8H2,1-2H3. The van der Waals surface area contributed by atoms with Crippen molar-refractivity contribution in [2.75, 3.05) is 19.8 Å². The summed E-state index contributed by atoms with van der Waals surface area (Å²) in [5, 5.41) is 11.8. The highest BCUT2D eigenvalue weighted by molar-refractivity contribution is 4.97. The maximum Gasteiger partial charge on any atom is 0.149 e. The molecule has 1 N–H and O–H groups in total. The molecule has 19 heavy (non-hydrogen) atoms. The lowest BCUT2D eigenvalue weighted by atomic mass is 9.89. The maximum absolute atomic E-state index is 5.95. The summed E-state index contributed by atoms with van der Waals surface area (Å²) in [6, 6.07) is 0.664. The van der Waals surface area contributed by atoms with Crippen LogP contribution in [0.1, 0.15) is 38.1 Å². The fourth-order valence-electron chi connectivity index (χ4n) is 3.15. The average Bonchev–Trinajstić information content (AvgIpc) is 2.99. The molecule has 2 saturated heterocycles. The van der Waals surface area contributed by atoms with Crippen LogP contribution < -0.4 is 5.32 Å². The van der Waals surface area contributed by atoms with E-state index in [-0.39, 0.29) is 11.6 Å². The van der Waals surface area contributed by atoms with Crippen LogP contribution in [0.5, 0.6) is 0 Å². The molecule has 1 aromatic heterocycles. The number of rotatable bonds is 3. The van der Waals surface area contributed by atoms with Crippen molar-refractivity contribution in [3.05, 3.63) is 12.2 Å². The number of nitrogens with zero attached hydrogens (tertiary/aromatic N) is 3. The fourth-order valence-corrected chi connectivity index (χ4v) is 3.15. The third-order valence-electron chi connectivity index (χ3n) is 4.18. The first-order valence-electron chi connectivity index (χ1n) is 7.00. The van der Waals surface area contributed by atoms with E-state index in [1.165, 1.54) is 0 Å². The molecule has 2 aliphatic heterocycles. The van der Waals surface area contributed by atoms with Gasteiger partial charge < -0.3 is 19.4 Å². The second-order valence-electron chi connectivity index (χ2n) is 5.71. The molecule has 0 radical (unpaired) electrons. The highest BCUT2D eigenvalue weighted by Crippen LogP contribution is 2.33. The predicted molar refractivity (Wildman–Crippen MR) is 69.7 cm³/mol. The Morgan fingerprint density at radius 1 is 1.53 bits per heavy atom. The van der Waals surface area contributed by atoms with Crippen LogP contribution in [-0.2, 0) is 16.5 Å². The van der Waals surface area contributed by atoms with Crippen LogP contribution in [0.15, 0.2) is 6.33 Å². The molecule has 6 nitrogen and oxygen atoms in total. The first-order chi connectivity index (χ1) is 9.19. The lowest BCUT2D eigenvalue weighted by molar-refractivity contribution is -0.0903. The zero-order valence-corrected chi connectivity index (χ0v) is 11.6. The Morgan fingerprint density at radius 2 is 2.42 bits per heavy atom. The quantitative estimate of drug-likeness (QED) is 0.877. The second kappa shape index (κ2) is 5.19. The molecule has 0 bridgehead atoms. The number of aromatic nitrogens is 3. The third kappa shape index (κ3) is 2.66. The van der Waals surface area contributed by atoms with Gasteiger partial charge in [0.1, 0.15) is 12.2 Å². The van der Waals surface area contributed by atoms with E-state index in [9.17, 15) is 0 Å². The molecule has 3 unspecified atom stereocenters. The first kappa shape index (κ1) is 13.0. The normalized spacial score (nSPS) is 32.8. The molecular weight excluding hydrogens is 244 g/mol. The van der Waals surface area contributed by atoms with E-state index in [0.29, 0.717) is 6.04 Å². The predicted octanol–water partition coefficient (Wildman–Crippen LogP) is 0.804. The molecule has 1 aromatic rings. The zero-order chi connectivity index (χ0) is 13.3. The Kier molecular flexibility index (Phi) is 3.56. The molecule has 0 saturated carbocycles. The van der Waals surface area contributed by atoms with E-state index in [1.54, 1.807) is 6.33 Å². The Balaban J connectivity index is 1.62. The maximum atomic E-state index is 5.95. The molecule has 0 aliphatic carbocycles. The van der Waals surface area contributed by atoms with Gasteiger partial charge in [0.2, 0.25) is 0 Å². The molecule has 3 heterocycles. The lowest BCUT2D eigenvalue weighted by Gasteiger charge is -2.38. The van der Waals surface area contributed by atoms with Crippen LogP contribution in [0.2, 0.25) is 0 Å². The smallest absolute Gasteiger partial charge is 0.149 e. The number of nitrogens with one attached hydrogen (secondary N) is 1. The van der Waals surface area contributed by atoms with Gasteiger partial charge >= 0.3 is 0 Å². The lowest BCUT2D eigenvalue weighted by Crippen LogP contribution is -2.48. The summed E-state index contributed by atoms with van der Waals surface area (Å²) in [5.41, 5.74) is -0.0461. The summed E-state index contributed by atoms with van der Waals surface area (Å²) in [4.78, 5) is 0. The Morgan fingerprint density at radius 3 is 3.11 bits per heavy atom. The molecule has 0 amide bonds. The summed E-state index contributed by atoms with van der Waals surface area (Å²) in [5.74, 6) is 0.975. The molecule has 2 fully saturated rings. The highest BCUT2D eigenvalue weighted by Gasteiger charge is 2.41. The Labute approximate surface area is 113 Å².